The van der Waals surface area contributed by atoms with Crippen LogP contribution >= 0.6 is 0 Å². The third-order valence-electron chi connectivity index (χ3n) is 2.85. The molecule has 0 fully saturated rings. The summed E-state index contributed by atoms with van der Waals surface area (Å²) in [5, 5.41) is 14.5. The summed E-state index contributed by atoms with van der Waals surface area (Å²) in [6, 6.07) is 15.3. The van der Waals surface area contributed by atoms with Gasteiger partial charge in [0.05, 0.1) is 6.54 Å². The van der Waals surface area contributed by atoms with Crippen LogP contribution in [0.4, 0.5) is 0 Å². The van der Waals surface area contributed by atoms with Gasteiger partial charge in [-0.15, -0.1) is 0 Å². The third-order valence-corrected chi connectivity index (χ3v) is 2.85. The van der Waals surface area contributed by atoms with E-state index in [0.717, 1.165) is 5.56 Å². The van der Waals surface area contributed by atoms with Crippen LogP contribution in [-0.4, -0.2) is 23.5 Å². The van der Waals surface area contributed by atoms with Gasteiger partial charge >= 0.3 is 0 Å². The van der Waals surface area contributed by atoms with Crippen LogP contribution in [0, 0.1) is 0 Å². The first kappa shape index (κ1) is 14.6. The van der Waals surface area contributed by atoms with Crippen molar-refractivity contribution >= 4 is 11.8 Å². The summed E-state index contributed by atoms with van der Waals surface area (Å²) in [5.41, 5.74) is 1.30. The van der Waals surface area contributed by atoms with Crippen LogP contribution in [0.15, 0.2) is 54.6 Å². The Hall–Kier alpha value is -2.82. The van der Waals surface area contributed by atoms with Crippen molar-refractivity contribution in [2.75, 3.05) is 6.54 Å². The molecule has 0 unspecified atom stereocenters. The number of hydrogen-bond acceptors (Lipinski definition) is 3. The first-order valence-electron chi connectivity index (χ1n) is 6.53. The van der Waals surface area contributed by atoms with E-state index in [4.69, 9.17) is 0 Å². The molecule has 0 radical (unpaired) electrons. The van der Waals surface area contributed by atoms with E-state index in [2.05, 4.69) is 10.6 Å². The predicted molar refractivity (Wildman–Crippen MR) is 78.7 cm³/mol. The molecule has 0 atom stereocenters. The van der Waals surface area contributed by atoms with Crippen molar-refractivity contribution in [1.29, 1.82) is 0 Å². The van der Waals surface area contributed by atoms with E-state index in [1.807, 2.05) is 6.07 Å². The van der Waals surface area contributed by atoms with Gasteiger partial charge in [0.25, 0.3) is 5.91 Å². The largest absolute Gasteiger partial charge is 0.508 e. The molecule has 0 aliphatic heterocycles. The van der Waals surface area contributed by atoms with Crippen LogP contribution in [0.25, 0.3) is 0 Å². The van der Waals surface area contributed by atoms with E-state index in [0.29, 0.717) is 12.1 Å². The van der Waals surface area contributed by atoms with Gasteiger partial charge in [0.15, 0.2) is 0 Å². The smallest absolute Gasteiger partial charge is 0.251 e. The summed E-state index contributed by atoms with van der Waals surface area (Å²) in [7, 11) is 0. The highest BCUT2D eigenvalue weighted by atomic mass is 16.3. The molecule has 0 saturated heterocycles. The molecule has 2 aromatic carbocycles. The minimum Gasteiger partial charge on any atom is -0.508 e. The molecule has 2 aromatic rings. The fourth-order valence-electron chi connectivity index (χ4n) is 1.78. The second-order valence-electron chi connectivity index (χ2n) is 4.50. The van der Waals surface area contributed by atoms with Crippen molar-refractivity contribution in [3.05, 3.63) is 65.7 Å². The maximum absolute atomic E-state index is 11.7. The Labute approximate surface area is 122 Å². The zero-order valence-corrected chi connectivity index (χ0v) is 11.4. The van der Waals surface area contributed by atoms with Gasteiger partial charge in [-0.25, -0.2) is 0 Å². The molecule has 2 rings (SSSR count). The monoisotopic (exact) mass is 284 g/mol. The van der Waals surface area contributed by atoms with Crippen LogP contribution in [0.2, 0.25) is 0 Å². The number of carbonyl (C=O) groups is 2. The summed E-state index contributed by atoms with van der Waals surface area (Å²) in [4.78, 5) is 23.4. The SMILES string of the molecule is O=C(CNC(=O)c1ccccc1)NCc1cccc(O)c1. The van der Waals surface area contributed by atoms with Gasteiger partial charge in [0.1, 0.15) is 5.75 Å². The van der Waals surface area contributed by atoms with Gasteiger partial charge in [0.2, 0.25) is 5.91 Å². The molecule has 0 heterocycles. The minimum atomic E-state index is -0.289. The molecule has 108 valence electrons. The Balaban J connectivity index is 1.76. The fourth-order valence-corrected chi connectivity index (χ4v) is 1.78. The normalized spacial score (nSPS) is 9.90. The maximum atomic E-state index is 11.7. The quantitative estimate of drug-likeness (QED) is 0.777. The predicted octanol–water partition coefficient (Wildman–Crippen LogP) is 1.44. The molecule has 3 N–H and O–H groups in total. The number of amides is 2. The number of rotatable bonds is 5. The Morgan fingerprint density at radius 2 is 1.71 bits per heavy atom. The number of benzene rings is 2. The molecule has 0 aliphatic rings. The van der Waals surface area contributed by atoms with E-state index in [1.54, 1.807) is 48.5 Å². The second-order valence-corrected chi connectivity index (χ2v) is 4.50. The second kappa shape index (κ2) is 7.09. The molecule has 2 amide bonds. The van der Waals surface area contributed by atoms with Gasteiger partial charge in [-0.2, -0.15) is 0 Å². The number of aromatic hydroxyl groups is 1. The minimum absolute atomic E-state index is 0.0907. The van der Waals surface area contributed by atoms with Crippen molar-refractivity contribution < 1.29 is 14.7 Å². The molecule has 0 bridgehead atoms. The Kier molecular flexibility index (Phi) is 4.93. The van der Waals surface area contributed by atoms with Gasteiger partial charge in [-0.05, 0) is 29.8 Å². The molecular formula is C16H16N2O3. The Bertz CT molecular complexity index is 626. The molecule has 0 spiro atoms. The number of carbonyl (C=O) groups excluding carboxylic acids is 2. The van der Waals surface area contributed by atoms with Gasteiger partial charge < -0.3 is 15.7 Å². The van der Waals surface area contributed by atoms with Crippen molar-refractivity contribution in [3.63, 3.8) is 0 Å². The summed E-state index contributed by atoms with van der Waals surface area (Å²) in [5.74, 6) is -0.426. The first-order valence-corrected chi connectivity index (χ1v) is 6.53. The lowest BCUT2D eigenvalue weighted by Crippen LogP contribution is -2.36. The van der Waals surface area contributed by atoms with E-state index >= 15 is 0 Å². The zero-order chi connectivity index (χ0) is 15.1. The van der Waals surface area contributed by atoms with Gasteiger partial charge in [0, 0.05) is 12.1 Å². The Morgan fingerprint density at radius 3 is 2.43 bits per heavy atom. The number of nitrogens with one attached hydrogen (secondary N) is 2. The van der Waals surface area contributed by atoms with E-state index in [-0.39, 0.29) is 24.1 Å². The lowest BCUT2D eigenvalue weighted by molar-refractivity contribution is -0.120. The van der Waals surface area contributed by atoms with E-state index in [9.17, 15) is 14.7 Å². The third kappa shape index (κ3) is 4.65. The van der Waals surface area contributed by atoms with Crippen molar-refractivity contribution in [1.82, 2.24) is 10.6 Å². The molecule has 21 heavy (non-hydrogen) atoms. The standard InChI is InChI=1S/C16H16N2O3/c19-14-8-4-5-12(9-14)10-17-15(20)11-18-16(21)13-6-2-1-3-7-13/h1-9,19H,10-11H2,(H,17,20)(H,18,21). The first-order chi connectivity index (χ1) is 10.1. The number of phenolic OH excluding ortho intramolecular Hbond substituents is 1. The number of phenols is 1. The molecule has 0 aromatic heterocycles. The maximum Gasteiger partial charge on any atom is 0.251 e. The van der Waals surface area contributed by atoms with Crippen LogP contribution in [0.5, 0.6) is 5.75 Å². The van der Waals surface area contributed by atoms with E-state index < -0.39 is 0 Å². The van der Waals surface area contributed by atoms with Crippen molar-refractivity contribution in [2.24, 2.45) is 0 Å². The lowest BCUT2D eigenvalue weighted by atomic mass is 10.2. The zero-order valence-electron chi connectivity index (χ0n) is 11.4. The van der Waals surface area contributed by atoms with Crippen LogP contribution < -0.4 is 10.6 Å². The fraction of sp³-hybridized carbons (Fsp3) is 0.125. The summed E-state index contributed by atoms with van der Waals surface area (Å²) >= 11 is 0. The molecule has 0 aliphatic carbocycles. The molecule has 5 nitrogen and oxygen atoms in total. The van der Waals surface area contributed by atoms with Crippen LogP contribution in [-0.2, 0) is 11.3 Å². The van der Waals surface area contributed by atoms with Gasteiger partial charge in [-0.1, -0.05) is 30.3 Å². The van der Waals surface area contributed by atoms with Crippen molar-refractivity contribution in [2.45, 2.75) is 6.54 Å². The number of hydrogen-bond donors (Lipinski definition) is 3. The Morgan fingerprint density at radius 1 is 0.952 bits per heavy atom. The van der Waals surface area contributed by atoms with Crippen molar-refractivity contribution in [3.8, 4) is 5.75 Å². The van der Waals surface area contributed by atoms with Crippen LogP contribution in [0.3, 0.4) is 0 Å². The summed E-state index contributed by atoms with van der Waals surface area (Å²) in [6.07, 6.45) is 0. The highest BCUT2D eigenvalue weighted by Crippen LogP contribution is 2.10. The lowest BCUT2D eigenvalue weighted by Gasteiger charge is -2.07. The molecule has 0 saturated carbocycles. The van der Waals surface area contributed by atoms with E-state index in [1.165, 1.54) is 0 Å². The summed E-state index contributed by atoms with van der Waals surface area (Å²) < 4.78 is 0. The van der Waals surface area contributed by atoms with Crippen LogP contribution in [0.1, 0.15) is 15.9 Å². The van der Waals surface area contributed by atoms with Gasteiger partial charge in [-0.3, -0.25) is 9.59 Å². The highest BCUT2D eigenvalue weighted by Gasteiger charge is 2.07. The topological polar surface area (TPSA) is 78.4 Å². The highest BCUT2D eigenvalue weighted by molar-refractivity contribution is 5.96. The average Bonchev–Trinajstić information content (AvgIpc) is 2.51. The molecule has 5 heteroatoms. The average molecular weight is 284 g/mol. The summed E-state index contributed by atoms with van der Waals surface area (Å²) in [6.45, 7) is 0.209. The molecular weight excluding hydrogens is 268 g/mol.